The van der Waals surface area contributed by atoms with E-state index >= 15 is 0 Å². The molecule has 1 heterocycles. The van der Waals surface area contributed by atoms with Crippen LogP contribution in [0.15, 0.2) is 54.7 Å². The lowest BCUT2D eigenvalue weighted by Gasteiger charge is -2.17. The number of para-hydroxylation sites is 1. The molecule has 1 unspecified atom stereocenters. The molecular weight excluding hydrogens is 288 g/mol. The van der Waals surface area contributed by atoms with Crippen molar-refractivity contribution in [2.24, 2.45) is 0 Å². The molecule has 2 aromatic carbocycles. The first-order chi connectivity index (χ1) is 11.2. The number of aryl methyl sites for hydroxylation is 1. The summed E-state index contributed by atoms with van der Waals surface area (Å²) in [6.07, 6.45) is 2.52. The highest BCUT2D eigenvalue weighted by atomic mass is 16.5. The second kappa shape index (κ2) is 6.57. The molecule has 0 amide bonds. The Bertz CT molecular complexity index is 806. The Labute approximate surface area is 135 Å². The van der Waals surface area contributed by atoms with E-state index < -0.39 is 6.04 Å². The number of rotatable bonds is 5. The van der Waals surface area contributed by atoms with Crippen LogP contribution < -0.4 is 5.32 Å². The van der Waals surface area contributed by atoms with E-state index in [2.05, 4.69) is 16.4 Å². The molecule has 23 heavy (non-hydrogen) atoms. The Hall–Kier alpha value is -2.75. The second-order valence-electron chi connectivity index (χ2n) is 5.65. The predicted octanol–water partition coefficient (Wildman–Crippen LogP) is 3.67. The lowest BCUT2D eigenvalue weighted by molar-refractivity contribution is -0.141. The van der Waals surface area contributed by atoms with Gasteiger partial charge in [-0.3, -0.25) is 0 Å². The molecule has 4 heteroatoms. The molecular formula is C19H20N2O2. The zero-order valence-corrected chi connectivity index (χ0v) is 13.3. The average Bonchev–Trinajstić information content (AvgIpc) is 2.98. The molecule has 3 aromatic rings. The number of ether oxygens (including phenoxy) is 1. The average molecular weight is 308 g/mol. The number of aromatic amines is 1. The standard InChI is InChI=1S/C19H20N2O2/c1-13-7-9-15(10-8-13)21-18(19(22)23-2)11-14-12-20-17-6-4-3-5-16(14)17/h3-10,12,18,20-21H,11H2,1-2H3. The summed E-state index contributed by atoms with van der Waals surface area (Å²) in [5.41, 5.74) is 4.25. The Morgan fingerprint density at radius 1 is 1.17 bits per heavy atom. The van der Waals surface area contributed by atoms with Crippen LogP contribution >= 0.6 is 0 Å². The van der Waals surface area contributed by atoms with Crippen LogP contribution in [0.2, 0.25) is 0 Å². The quantitative estimate of drug-likeness (QED) is 0.707. The van der Waals surface area contributed by atoms with Crippen molar-refractivity contribution in [2.45, 2.75) is 19.4 Å². The van der Waals surface area contributed by atoms with Gasteiger partial charge >= 0.3 is 5.97 Å². The molecule has 0 fully saturated rings. The number of carbonyl (C=O) groups excluding carboxylic acids is 1. The molecule has 0 aliphatic rings. The number of hydrogen-bond acceptors (Lipinski definition) is 3. The highest BCUT2D eigenvalue weighted by Gasteiger charge is 2.21. The first kappa shape index (κ1) is 15.2. The minimum absolute atomic E-state index is 0.268. The fourth-order valence-corrected chi connectivity index (χ4v) is 2.71. The van der Waals surface area contributed by atoms with Gasteiger partial charge in [0.1, 0.15) is 6.04 Å². The van der Waals surface area contributed by atoms with E-state index in [1.807, 2.05) is 55.6 Å². The number of esters is 1. The van der Waals surface area contributed by atoms with Gasteiger partial charge in [0.25, 0.3) is 0 Å². The molecule has 0 bridgehead atoms. The van der Waals surface area contributed by atoms with E-state index in [9.17, 15) is 4.79 Å². The maximum Gasteiger partial charge on any atom is 0.328 e. The topological polar surface area (TPSA) is 54.1 Å². The van der Waals surface area contributed by atoms with Gasteiger partial charge in [-0.2, -0.15) is 0 Å². The molecule has 3 rings (SSSR count). The summed E-state index contributed by atoms with van der Waals surface area (Å²) in [5.74, 6) is -0.268. The van der Waals surface area contributed by atoms with Crippen LogP contribution in [0.25, 0.3) is 10.9 Å². The summed E-state index contributed by atoms with van der Waals surface area (Å²) in [7, 11) is 1.42. The molecule has 2 N–H and O–H groups in total. The zero-order chi connectivity index (χ0) is 16.2. The molecule has 118 valence electrons. The van der Waals surface area contributed by atoms with Gasteiger partial charge in [-0.25, -0.2) is 4.79 Å². The Kier molecular flexibility index (Phi) is 4.33. The molecule has 0 radical (unpaired) electrons. The number of H-pyrrole nitrogens is 1. The van der Waals surface area contributed by atoms with Crippen molar-refractivity contribution in [1.82, 2.24) is 4.98 Å². The summed E-state index contributed by atoms with van der Waals surface area (Å²) in [4.78, 5) is 15.4. The molecule has 0 saturated heterocycles. The lowest BCUT2D eigenvalue weighted by atomic mass is 10.0. The van der Waals surface area contributed by atoms with Gasteiger partial charge in [-0.05, 0) is 30.7 Å². The molecule has 4 nitrogen and oxygen atoms in total. The van der Waals surface area contributed by atoms with Crippen molar-refractivity contribution in [3.05, 3.63) is 65.9 Å². The van der Waals surface area contributed by atoms with E-state index in [1.165, 1.54) is 12.7 Å². The van der Waals surface area contributed by atoms with E-state index in [4.69, 9.17) is 4.74 Å². The minimum Gasteiger partial charge on any atom is -0.467 e. The summed E-state index contributed by atoms with van der Waals surface area (Å²) >= 11 is 0. The Morgan fingerprint density at radius 2 is 1.91 bits per heavy atom. The lowest BCUT2D eigenvalue weighted by Crippen LogP contribution is -2.32. The first-order valence-corrected chi connectivity index (χ1v) is 7.63. The van der Waals surface area contributed by atoms with Gasteiger partial charge in [-0.1, -0.05) is 35.9 Å². The third-order valence-corrected chi connectivity index (χ3v) is 3.98. The van der Waals surface area contributed by atoms with Crippen LogP contribution in [0.5, 0.6) is 0 Å². The van der Waals surface area contributed by atoms with Gasteiger partial charge in [0.2, 0.25) is 0 Å². The van der Waals surface area contributed by atoms with Gasteiger partial charge in [0.15, 0.2) is 0 Å². The molecule has 1 aromatic heterocycles. The second-order valence-corrected chi connectivity index (χ2v) is 5.65. The van der Waals surface area contributed by atoms with E-state index in [0.29, 0.717) is 6.42 Å². The van der Waals surface area contributed by atoms with Crippen molar-refractivity contribution in [3.8, 4) is 0 Å². The number of hydrogen-bond donors (Lipinski definition) is 2. The maximum atomic E-state index is 12.2. The smallest absolute Gasteiger partial charge is 0.328 e. The first-order valence-electron chi connectivity index (χ1n) is 7.63. The van der Waals surface area contributed by atoms with Crippen LogP contribution in [0.1, 0.15) is 11.1 Å². The third-order valence-electron chi connectivity index (χ3n) is 3.98. The van der Waals surface area contributed by atoms with Crippen LogP contribution in [0.3, 0.4) is 0 Å². The van der Waals surface area contributed by atoms with E-state index in [-0.39, 0.29) is 5.97 Å². The minimum atomic E-state index is -0.429. The summed E-state index contributed by atoms with van der Waals surface area (Å²) < 4.78 is 4.96. The van der Waals surface area contributed by atoms with E-state index in [1.54, 1.807) is 0 Å². The number of anilines is 1. The van der Waals surface area contributed by atoms with E-state index in [0.717, 1.165) is 22.2 Å². The molecule has 1 atom stereocenters. The number of carbonyl (C=O) groups is 1. The normalized spacial score (nSPS) is 12.1. The molecule has 0 saturated carbocycles. The number of fused-ring (bicyclic) bond motifs is 1. The third kappa shape index (κ3) is 3.37. The number of benzene rings is 2. The summed E-state index contributed by atoms with van der Waals surface area (Å²) in [6.45, 7) is 2.04. The Balaban J connectivity index is 1.84. The van der Waals surface area contributed by atoms with Crippen LogP contribution in [0, 0.1) is 6.92 Å². The van der Waals surface area contributed by atoms with Crippen molar-refractivity contribution in [1.29, 1.82) is 0 Å². The van der Waals surface area contributed by atoms with Crippen LogP contribution in [-0.2, 0) is 16.0 Å². The van der Waals surface area contributed by atoms with Crippen LogP contribution in [0.4, 0.5) is 5.69 Å². The molecule has 0 aliphatic carbocycles. The summed E-state index contributed by atoms with van der Waals surface area (Å²) in [6, 6.07) is 15.6. The van der Waals surface area contributed by atoms with Crippen molar-refractivity contribution >= 4 is 22.6 Å². The number of methoxy groups -OCH3 is 1. The fraction of sp³-hybridized carbons (Fsp3) is 0.211. The maximum absolute atomic E-state index is 12.2. The van der Waals surface area contributed by atoms with Crippen molar-refractivity contribution in [3.63, 3.8) is 0 Å². The number of nitrogens with one attached hydrogen (secondary N) is 2. The van der Waals surface area contributed by atoms with Gasteiger partial charge < -0.3 is 15.0 Å². The molecule has 0 aliphatic heterocycles. The van der Waals surface area contributed by atoms with Crippen molar-refractivity contribution in [2.75, 3.05) is 12.4 Å². The largest absolute Gasteiger partial charge is 0.467 e. The van der Waals surface area contributed by atoms with Gasteiger partial charge in [0, 0.05) is 29.2 Å². The predicted molar refractivity (Wildman–Crippen MR) is 92.6 cm³/mol. The SMILES string of the molecule is COC(=O)C(Cc1c[nH]c2ccccc12)Nc1ccc(C)cc1. The van der Waals surface area contributed by atoms with Crippen LogP contribution in [-0.4, -0.2) is 24.1 Å². The Morgan fingerprint density at radius 3 is 2.65 bits per heavy atom. The highest BCUT2D eigenvalue weighted by molar-refractivity contribution is 5.85. The fourth-order valence-electron chi connectivity index (χ4n) is 2.71. The highest BCUT2D eigenvalue weighted by Crippen LogP contribution is 2.21. The monoisotopic (exact) mass is 308 g/mol. The summed E-state index contributed by atoms with van der Waals surface area (Å²) in [5, 5.41) is 4.40. The number of aromatic nitrogens is 1. The van der Waals surface area contributed by atoms with Crippen molar-refractivity contribution < 1.29 is 9.53 Å². The van der Waals surface area contributed by atoms with Gasteiger partial charge in [0.05, 0.1) is 7.11 Å². The molecule has 0 spiro atoms. The zero-order valence-electron chi connectivity index (χ0n) is 13.3. The van der Waals surface area contributed by atoms with Gasteiger partial charge in [-0.15, -0.1) is 0 Å².